The number of aliphatic hydroxyl groups is 1. The first-order valence-electron chi connectivity index (χ1n) is 6.24. The van der Waals surface area contributed by atoms with Crippen molar-refractivity contribution < 1.29 is 19.8 Å². The van der Waals surface area contributed by atoms with Gasteiger partial charge in [0.1, 0.15) is 0 Å². The van der Waals surface area contributed by atoms with Crippen LogP contribution in [0.5, 0.6) is 0 Å². The Balaban J connectivity index is 2.82. The van der Waals surface area contributed by atoms with Gasteiger partial charge in [-0.2, -0.15) is 0 Å². The summed E-state index contributed by atoms with van der Waals surface area (Å²) in [7, 11) is 0. The Morgan fingerprint density at radius 1 is 1.33 bits per heavy atom. The van der Waals surface area contributed by atoms with Crippen LogP contribution in [0.15, 0.2) is 0 Å². The molecule has 1 unspecified atom stereocenters. The summed E-state index contributed by atoms with van der Waals surface area (Å²) in [5.41, 5.74) is -0.581. The Labute approximate surface area is 107 Å². The van der Waals surface area contributed by atoms with E-state index >= 15 is 0 Å². The minimum atomic E-state index is -1.26. The Bertz CT molecular complexity index is 322. The lowest BCUT2D eigenvalue weighted by Gasteiger charge is -2.32. The van der Waals surface area contributed by atoms with Gasteiger partial charge in [0.15, 0.2) is 6.04 Å². The van der Waals surface area contributed by atoms with Gasteiger partial charge in [-0.25, -0.2) is 4.79 Å². The van der Waals surface area contributed by atoms with Gasteiger partial charge < -0.3 is 20.8 Å². The molecular formula is C12H22N2O4. The van der Waals surface area contributed by atoms with Crippen molar-refractivity contribution in [3.05, 3.63) is 0 Å². The van der Waals surface area contributed by atoms with Crippen LogP contribution in [-0.2, 0) is 9.59 Å². The van der Waals surface area contributed by atoms with Crippen molar-refractivity contribution in [2.45, 2.75) is 39.3 Å². The highest BCUT2D eigenvalue weighted by atomic mass is 16.4. The first-order valence-corrected chi connectivity index (χ1v) is 6.24. The number of hydrogen-bond acceptors (Lipinski definition) is 4. The molecule has 0 aromatic rings. The van der Waals surface area contributed by atoms with E-state index < -0.39 is 23.5 Å². The van der Waals surface area contributed by atoms with E-state index in [-0.39, 0.29) is 11.8 Å². The predicted molar refractivity (Wildman–Crippen MR) is 66.0 cm³/mol. The number of aliphatic carboxylic acids is 1. The van der Waals surface area contributed by atoms with Crippen molar-refractivity contribution in [2.75, 3.05) is 13.1 Å². The standard InChI is InChI=1S/C12H22N2O4/c1-7(2)12(4-5-13-6-12)11(18)14-9(8(3)15)10(16)17/h7-9,13,15H,4-6H2,1-3H3,(H,14,18)(H,16,17)/t8-,9+,12?/m1/s1. The molecule has 1 heterocycles. The van der Waals surface area contributed by atoms with Crippen molar-refractivity contribution in [3.8, 4) is 0 Å². The largest absolute Gasteiger partial charge is 0.480 e. The van der Waals surface area contributed by atoms with E-state index in [9.17, 15) is 14.7 Å². The van der Waals surface area contributed by atoms with Crippen LogP contribution < -0.4 is 10.6 Å². The molecule has 0 saturated carbocycles. The molecule has 1 rings (SSSR count). The van der Waals surface area contributed by atoms with Gasteiger partial charge in [-0.3, -0.25) is 4.79 Å². The van der Waals surface area contributed by atoms with Crippen LogP contribution in [0.4, 0.5) is 0 Å². The number of carboxylic acids is 1. The van der Waals surface area contributed by atoms with Crippen LogP contribution in [-0.4, -0.2) is 47.3 Å². The van der Waals surface area contributed by atoms with Crippen LogP contribution in [0.1, 0.15) is 27.2 Å². The quantitative estimate of drug-likeness (QED) is 0.536. The van der Waals surface area contributed by atoms with Gasteiger partial charge >= 0.3 is 5.97 Å². The number of carbonyl (C=O) groups is 2. The maximum absolute atomic E-state index is 12.3. The second kappa shape index (κ2) is 5.67. The van der Waals surface area contributed by atoms with E-state index in [0.29, 0.717) is 13.0 Å². The van der Waals surface area contributed by atoms with Crippen molar-refractivity contribution in [1.29, 1.82) is 0 Å². The molecular weight excluding hydrogens is 236 g/mol. The summed E-state index contributed by atoms with van der Waals surface area (Å²) in [6.07, 6.45) is -0.437. The second-order valence-electron chi connectivity index (χ2n) is 5.27. The summed E-state index contributed by atoms with van der Waals surface area (Å²) >= 11 is 0. The Kier molecular flexibility index (Phi) is 4.70. The molecule has 1 amide bonds. The fraction of sp³-hybridized carbons (Fsp3) is 0.833. The molecule has 18 heavy (non-hydrogen) atoms. The molecule has 0 aromatic heterocycles. The van der Waals surface area contributed by atoms with Gasteiger partial charge in [-0.15, -0.1) is 0 Å². The van der Waals surface area contributed by atoms with Gasteiger partial charge in [0.05, 0.1) is 11.5 Å². The lowest BCUT2D eigenvalue weighted by Crippen LogP contribution is -2.54. The molecule has 0 aliphatic carbocycles. The highest BCUT2D eigenvalue weighted by Crippen LogP contribution is 2.34. The molecule has 4 N–H and O–H groups in total. The fourth-order valence-corrected chi connectivity index (χ4v) is 2.33. The number of carboxylic acid groups (broad SMARTS) is 1. The van der Waals surface area contributed by atoms with Gasteiger partial charge in [0.25, 0.3) is 0 Å². The summed E-state index contributed by atoms with van der Waals surface area (Å²) in [5.74, 6) is -1.41. The van der Waals surface area contributed by atoms with E-state index in [2.05, 4.69) is 10.6 Å². The van der Waals surface area contributed by atoms with Gasteiger partial charge in [0.2, 0.25) is 5.91 Å². The number of aliphatic hydroxyl groups excluding tert-OH is 1. The van der Waals surface area contributed by atoms with Crippen molar-refractivity contribution in [3.63, 3.8) is 0 Å². The zero-order valence-corrected chi connectivity index (χ0v) is 11.1. The second-order valence-corrected chi connectivity index (χ2v) is 5.27. The molecule has 104 valence electrons. The smallest absolute Gasteiger partial charge is 0.328 e. The minimum Gasteiger partial charge on any atom is -0.480 e. The maximum atomic E-state index is 12.3. The van der Waals surface area contributed by atoms with Crippen LogP contribution in [0.2, 0.25) is 0 Å². The van der Waals surface area contributed by atoms with E-state index in [1.807, 2.05) is 13.8 Å². The summed E-state index contributed by atoms with van der Waals surface area (Å²) in [5, 5.41) is 23.9. The molecule has 6 heteroatoms. The molecule has 1 saturated heterocycles. The van der Waals surface area contributed by atoms with Gasteiger partial charge in [-0.1, -0.05) is 13.8 Å². The molecule has 3 atom stereocenters. The predicted octanol–water partition coefficient (Wildman–Crippen LogP) is -0.428. The fourth-order valence-electron chi connectivity index (χ4n) is 2.33. The normalized spacial score (nSPS) is 26.9. The van der Waals surface area contributed by atoms with Crippen molar-refractivity contribution >= 4 is 11.9 Å². The zero-order chi connectivity index (χ0) is 13.9. The average Bonchev–Trinajstić information content (AvgIpc) is 2.74. The summed E-state index contributed by atoms with van der Waals surface area (Å²) in [6, 6.07) is -1.26. The van der Waals surface area contributed by atoms with E-state index in [0.717, 1.165) is 6.54 Å². The lowest BCUT2D eigenvalue weighted by atomic mass is 9.75. The van der Waals surface area contributed by atoms with E-state index in [4.69, 9.17) is 5.11 Å². The van der Waals surface area contributed by atoms with E-state index in [1.165, 1.54) is 6.92 Å². The van der Waals surface area contributed by atoms with E-state index in [1.54, 1.807) is 0 Å². The highest BCUT2D eigenvalue weighted by molar-refractivity contribution is 5.88. The van der Waals surface area contributed by atoms with Crippen LogP contribution in [0, 0.1) is 11.3 Å². The monoisotopic (exact) mass is 258 g/mol. The highest BCUT2D eigenvalue weighted by Gasteiger charge is 2.45. The number of rotatable bonds is 5. The van der Waals surface area contributed by atoms with Crippen LogP contribution >= 0.6 is 0 Å². The third-order valence-electron chi connectivity index (χ3n) is 3.78. The molecule has 1 aliphatic rings. The number of nitrogens with one attached hydrogen (secondary N) is 2. The summed E-state index contributed by atoms with van der Waals surface area (Å²) in [4.78, 5) is 23.3. The third kappa shape index (κ3) is 2.81. The molecule has 0 aromatic carbocycles. The Hall–Kier alpha value is -1.14. The van der Waals surface area contributed by atoms with Crippen LogP contribution in [0.3, 0.4) is 0 Å². The molecule has 0 radical (unpaired) electrons. The summed E-state index contributed by atoms with van der Waals surface area (Å²) in [6.45, 7) is 6.55. The average molecular weight is 258 g/mol. The zero-order valence-electron chi connectivity index (χ0n) is 11.1. The molecule has 6 nitrogen and oxygen atoms in total. The first kappa shape index (κ1) is 14.9. The lowest BCUT2D eigenvalue weighted by molar-refractivity contribution is -0.147. The van der Waals surface area contributed by atoms with Crippen molar-refractivity contribution in [1.82, 2.24) is 10.6 Å². The Morgan fingerprint density at radius 3 is 2.28 bits per heavy atom. The number of carbonyl (C=O) groups excluding carboxylic acids is 1. The summed E-state index contributed by atoms with van der Waals surface area (Å²) < 4.78 is 0. The Morgan fingerprint density at radius 2 is 1.94 bits per heavy atom. The molecule has 0 bridgehead atoms. The maximum Gasteiger partial charge on any atom is 0.328 e. The number of amides is 1. The minimum absolute atomic E-state index is 0.107. The molecule has 1 aliphatic heterocycles. The van der Waals surface area contributed by atoms with Crippen LogP contribution in [0.25, 0.3) is 0 Å². The topological polar surface area (TPSA) is 98.7 Å². The van der Waals surface area contributed by atoms with Crippen molar-refractivity contribution in [2.24, 2.45) is 11.3 Å². The SMILES string of the molecule is CC(C)C1(C(=O)N[C@H](C(=O)O)[C@@H](C)O)CCNC1. The first-order chi connectivity index (χ1) is 8.31. The molecule has 0 spiro atoms. The molecule has 1 fully saturated rings. The van der Waals surface area contributed by atoms with Gasteiger partial charge in [0, 0.05) is 6.54 Å². The number of hydrogen-bond donors (Lipinski definition) is 4. The third-order valence-corrected chi connectivity index (χ3v) is 3.78. The van der Waals surface area contributed by atoms with Gasteiger partial charge in [-0.05, 0) is 25.8 Å².